The van der Waals surface area contributed by atoms with Crippen LogP contribution in [0.3, 0.4) is 0 Å². The SMILES string of the molecule is [B]c1cc([B])cc(CC#N)c1. The molecular formula is C8H5B2N. The Kier molecular flexibility index (Phi) is 2.38. The average molecular weight is 137 g/mol. The molecule has 0 amide bonds. The third-order valence-corrected chi connectivity index (χ3v) is 1.32. The molecule has 1 aromatic carbocycles. The maximum atomic E-state index is 8.37. The summed E-state index contributed by atoms with van der Waals surface area (Å²) < 4.78 is 0. The average Bonchev–Trinajstić information content (AvgIpc) is 1.85. The lowest BCUT2D eigenvalue weighted by Crippen LogP contribution is -2.14. The van der Waals surface area contributed by atoms with E-state index in [1.54, 1.807) is 18.2 Å². The monoisotopic (exact) mass is 137 g/mol. The van der Waals surface area contributed by atoms with Gasteiger partial charge < -0.3 is 0 Å². The van der Waals surface area contributed by atoms with Crippen LogP contribution in [-0.2, 0) is 6.42 Å². The molecular weight excluding hydrogens is 132 g/mol. The summed E-state index contributed by atoms with van der Waals surface area (Å²) in [4.78, 5) is 0. The van der Waals surface area contributed by atoms with Gasteiger partial charge in [-0.25, -0.2) is 0 Å². The first kappa shape index (κ1) is 7.94. The molecule has 11 heavy (non-hydrogen) atoms. The summed E-state index contributed by atoms with van der Waals surface area (Å²) in [7, 11) is 11.0. The Morgan fingerprint density at radius 2 is 1.73 bits per heavy atom. The van der Waals surface area contributed by atoms with E-state index < -0.39 is 0 Å². The standard InChI is InChI=1S/C8H5B2N/c9-7-3-6(1-2-11)4-8(10)5-7/h3-5H,1H2. The van der Waals surface area contributed by atoms with Crippen molar-refractivity contribution in [3.8, 4) is 6.07 Å². The zero-order chi connectivity index (χ0) is 8.27. The minimum Gasteiger partial charge on any atom is -0.198 e. The maximum Gasteiger partial charge on any atom is 0.113 e. The number of benzene rings is 1. The minimum absolute atomic E-state index is 0.356. The van der Waals surface area contributed by atoms with Gasteiger partial charge in [0.05, 0.1) is 12.5 Å². The molecule has 48 valence electrons. The highest BCUT2D eigenvalue weighted by atomic mass is 14.2. The van der Waals surface area contributed by atoms with E-state index in [1.165, 1.54) is 0 Å². The third kappa shape index (κ3) is 2.16. The molecule has 0 fully saturated rings. The molecule has 0 atom stereocenters. The predicted molar refractivity (Wildman–Crippen MR) is 46.5 cm³/mol. The number of nitrogens with zero attached hydrogens (tertiary/aromatic N) is 1. The largest absolute Gasteiger partial charge is 0.198 e. The molecule has 3 heteroatoms. The van der Waals surface area contributed by atoms with E-state index >= 15 is 0 Å². The van der Waals surface area contributed by atoms with Crippen LogP contribution in [0.4, 0.5) is 0 Å². The Bertz CT molecular complexity index is 281. The summed E-state index contributed by atoms with van der Waals surface area (Å²) in [5.74, 6) is 0. The van der Waals surface area contributed by atoms with Crippen LogP contribution in [0.15, 0.2) is 18.2 Å². The molecule has 0 aliphatic carbocycles. The van der Waals surface area contributed by atoms with Crippen molar-refractivity contribution in [2.75, 3.05) is 0 Å². The van der Waals surface area contributed by atoms with E-state index in [0.717, 1.165) is 5.56 Å². The first-order chi connectivity index (χ1) is 5.22. The van der Waals surface area contributed by atoms with E-state index in [0.29, 0.717) is 17.3 Å². The molecule has 0 N–H and O–H groups in total. The Morgan fingerprint density at radius 3 is 2.18 bits per heavy atom. The first-order valence-electron chi connectivity index (χ1n) is 3.24. The van der Waals surface area contributed by atoms with Gasteiger partial charge in [-0.2, -0.15) is 5.26 Å². The molecule has 0 saturated carbocycles. The van der Waals surface area contributed by atoms with Gasteiger partial charge in [0.1, 0.15) is 15.7 Å². The van der Waals surface area contributed by atoms with E-state index in [2.05, 4.69) is 0 Å². The van der Waals surface area contributed by atoms with Crippen LogP contribution in [0, 0.1) is 11.3 Å². The lowest BCUT2D eigenvalue weighted by atomic mass is 9.85. The van der Waals surface area contributed by atoms with Gasteiger partial charge in [0.25, 0.3) is 0 Å². The van der Waals surface area contributed by atoms with Gasteiger partial charge in [-0.3, -0.25) is 0 Å². The fraction of sp³-hybridized carbons (Fsp3) is 0.125. The highest BCUT2D eigenvalue weighted by Crippen LogP contribution is 1.93. The number of hydrogen-bond donors (Lipinski definition) is 0. The van der Waals surface area contributed by atoms with Crippen LogP contribution in [0.5, 0.6) is 0 Å². The van der Waals surface area contributed by atoms with Crippen molar-refractivity contribution in [1.82, 2.24) is 0 Å². The summed E-state index contributed by atoms with van der Waals surface area (Å²) >= 11 is 0. The van der Waals surface area contributed by atoms with Gasteiger partial charge >= 0.3 is 0 Å². The summed E-state index contributed by atoms with van der Waals surface area (Å²) in [6.45, 7) is 0. The number of nitriles is 1. The van der Waals surface area contributed by atoms with Crippen molar-refractivity contribution in [2.45, 2.75) is 6.42 Å². The molecule has 4 radical (unpaired) electrons. The van der Waals surface area contributed by atoms with E-state index in [9.17, 15) is 0 Å². The zero-order valence-corrected chi connectivity index (χ0v) is 6.04. The highest BCUT2D eigenvalue weighted by Gasteiger charge is 1.93. The molecule has 0 unspecified atom stereocenters. The van der Waals surface area contributed by atoms with Crippen molar-refractivity contribution in [3.05, 3.63) is 23.8 Å². The molecule has 1 nitrogen and oxygen atoms in total. The quantitative estimate of drug-likeness (QED) is 0.471. The molecule has 0 bridgehead atoms. The van der Waals surface area contributed by atoms with Crippen LogP contribution < -0.4 is 10.9 Å². The number of hydrogen-bond acceptors (Lipinski definition) is 1. The van der Waals surface area contributed by atoms with Gasteiger partial charge in [0.15, 0.2) is 0 Å². The predicted octanol–water partition coefficient (Wildman–Crippen LogP) is -0.660. The summed E-state index contributed by atoms with van der Waals surface area (Å²) in [5, 5.41) is 8.37. The van der Waals surface area contributed by atoms with E-state index in [-0.39, 0.29) is 0 Å². The third-order valence-electron chi connectivity index (χ3n) is 1.32. The van der Waals surface area contributed by atoms with Crippen LogP contribution >= 0.6 is 0 Å². The Labute approximate surface area is 68.9 Å². The van der Waals surface area contributed by atoms with E-state index in [1.807, 2.05) is 6.07 Å². The lowest BCUT2D eigenvalue weighted by molar-refractivity contribution is 1.27. The first-order valence-corrected chi connectivity index (χ1v) is 3.24. The normalized spacial score (nSPS) is 9.00. The summed E-state index contributed by atoms with van der Waals surface area (Å²) in [6, 6.07) is 7.19. The van der Waals surface area contributed by atoms with Crippen LogP contribution in [0.1, 0.15) is 5.56 Å². The summed E-state index contributed by atoms with van der Waals surface area (Å²) in [6.07, 6.45) is 0.356. The van der Waals surface area contributed by atoms with Crippen LogP contribution in [-0.4, -0.2) is 15.7 Å². The Morgan fingerprint density at radius 1 is 1.18 bits per heavy atom. The van der Waals surface area contributed by atoms with Gasteiger partial charge in [-0.15, -0.1) is 0 Å². The zero-order valence-electron chi connectivity index (χ0n) is 6.04. The Hall–Kier alpha value is -1.16. The fourth-order valence-corrected chi connectivity index (χ4v) is 0.939. The van der Waals surface area contributed by atoms with Crippen molar-refractivity contribution in [3.63, 3.8) is 0 Å². The van der Waals surface area contributed by atoms with Crippen molar-refractivity contribution < 1.29 is 0 Å². The second kappa shape index (κ2) is 3.30. The summed E-state index contributed by atoms with van der Waals surface area (Å²) in [5.41, 5.74) is 2.08. The van der Waals surface area contributed by atoms with Crippen LogP contribution in [0.2, 0.25) is 0 Å². The topological polar surface area (TPSA) is 23.8 Å². The maximum absolute atomic E-state index is 8.37. The van der Waals surface area contributed by atoms with E-state index in [4.69, 9.17) is 21.0 Å². The van der Waals surface area contributed by atoms with Crippen LogP contribution in [0.25, 0.3) is 0 Å². The van der Waals surface area contributed by atoms with Crippen molar-refractivity contribution in [1.29, 1.82) is 5.26 Å². The van der Waals surface area contributed by atoms with Gasteiger partial charge in [-0.1, -0.05) is 29.1 Å². The molecule has 1 rings (SSSR count). The lowest BCUT2D eigenvalue weighted by Gasteiger charge is -2.00. The van der Waals surface area contributed by atoms with Crippen molar-refractivity contribution in [2.24, 2.45) is 0 Å². The second-order valence-corrected chi connectivity index (χ2v) is 2.34. The molecule has 0 aliphatic rings. The number of rotatable bonds is 1. The van der Waals surface area contributed by atoms with Gasteiger partial charge in [-0.05, 0) is 5.56 Å². The minimum atomic E-state index is 0.356. The smallest absolute Gasteiger partial charge is 0.113 e. The Balaban J connectivity index is 3.01. The second-order valence-electron chi connectivity index (χ2n) is 2.34. The van der Waals surface area contributed by atoms with Gasteiger partial charge in [0.2, 0.25) is 0 Å². The highest BCUT2D eigenvalue weighted by molar-refractivity contribution is 6.37. The molecule has 0 aliphatic heterocycles. The van der Waals surface area contributed by atoms with Gasteiger partial charge in [0, 0.05) is 0 Å². The molecule has 0 spiro atoms. The molecule has 0 saturated heterocycles. The molecule has 0 aromatic heterocycles. The molecule has 0 heterocycles. The molecule has 1 aromatic rings. The van der Waals surface area contributed by atoms with Crippen molar-refractivity contribution >= 4 is 26.6 Å². The fourth-order valence-electron chi connectivity index (χ4n) is 0.939.